The Morgan fingerprint density at radius 3 is 2.17 bits per heavy atom. The molecule has 1 N–H and O–H groups in total. The van der Waals surface area contributed by atoms with Crippen LogP contribution in [-0.4, -0.2) is 60.7 Å². The molecular weight excluding hydrogens is 525 g/mol. The molecule has 40 heavy (non-hydrogen) atoms. The van der Waals surface area contributed by atoms with E-state index < -0.39 is 22.4 Å². The van der Waals surface area contributed by atoms with Gasteiger partial charge in [0.1, 0.15) is 6.61 Å². The third kappa shape index (κ3) is 7.44. The first-order valence-electron chi connectivity index (χ1n) is 13.7. The molecule has 1 heterocycles. The molecule has 8 nitrogen and oxygen atoms in total. The maximum absolute atomic E-state index is 13.5. The minimum absolute atomic E-state index is 0.0103. The van der Waals surface area contributed by atoms with Crippen molar-refractivity contribution < 1.29 is 27.6 Å². The summed E-state index contributed by atoms with van der Waals surface area (Å²) in [6.07, 6.45) is -2.49. The summed E-state index contributed by atoms with van der Waals surface area (Å²) in [7, 11) is 0. The number of non-ortho nitro benzene ring substituents is 1. The molecule has 1 aliphatic carbocycles. The standard InChI is InChI=1S/C29H37F3N4O4/c1-28(2,3)20-4-8-22(9-5-20)34-14-16-35(17-15-34)27(37)19-40-24-11-6-21(7-12-24)33-26-13-10-23(36(38)39)18-25(26)29(30,31)32/h4-5,8-10,13,18,21,24,33H,6-7,11-12,14-17,19H2,1-3H3/t21-,24-. The number of anilines is 2. The number of hydrogen-bond acceptors (Lipinski definition) is 6. The van der Waals surface area contributed by atoms with Crippen molar-refractivity contribution in [1.29, 1.82) is 0 Å². The third-order valence-corrected chi connectivity index (χ3v) is 7.73. The second-order valence-corrected chi connectivity index (χ2v) is 11.6. The van der Waals surface area contributed by atoms with Gasteiger partial charge >= 0.3 is 6.18 Å². The van der Waals surface area contributed by atoms with E-state index in [0.717, 1.165) is 30.9 Å². The van der Waals surface area contributed by atoms with Crippen molar-refractivity contribution in [3.05, 3.63) is 63.7 Å². The molecule has 2 aliphatic rings. The summed E-state index contributed by atoms with van der Waals surface area (Å²) in [5, 5.41) is 13.8. The number of piperazine rings is 1. The van der Waals surface area contributed by atoms with Crippen LogP contribution in [0, 0.1) is 10.1 Å². The summed E-state index contributed by atoms with van der Waals surface area (Å²) in [6.45, 7) is 9.29. The van der Waals surface area contributed by atoms with Gasteiger partial charge in [0, 0.05) is 55.7 Å². The molecule has 0 bridgehead atoms. The number of hydrogen-bond donors (Lipinski definition) is 1. The SMILES string of the molecule is CC(C)(C)c1ccc(N2CCN(C(=O)CO[C@H]3CC[C@H](Nc4ccc([N+](=O)[O-])cc4C(F)(F)F)CC3)CC2)cc1. The van der Waals surface area contributed by atoms with Crippen LogP contribution in [0.15, 0.2) is 42.5 Å². The molecule has 0 atom stereocenters. The van der Waals surface area contributed by atoms with Gasteiger partial charge in [0.05, 0.1) is 16.6 Å². The molecule has 0 radical (unpaired) electrons. The Morgan fingerprint density at radius 1 is 1.00 bits per heavy atom. The molecule has 1 saturated heterocycles. The molecule has 0 unspecified atom stereocenters. The van der Waals surface area contributed by atoms with Crippen LogP contribution >= 0.6 is 0 Å². The fraction of sp³-hybridized carbons (Fsp3) is 0.552. The Morgan fingerprint density at radius 2 is 1.62 bits per heavy atom. The van der Waals surface area contributed by atoms with Crippen molar-refractivity contribution >= 4 is 23.0 Å². The van der Waals surface area contributed by atoms with E-state index in [2.05, 4.69) is 55.3 Å². The Labute approximate surface area is 232 Å². The first kappa shape index (κ1) is 29.6. The molecule has 11 heteroatoms. The minimum atomic E-state index is -4.71. The monoisotopic (exact) mass is 562 g/mol. The summed E-state index contributed by atoms with van der Waals surface area (Å²) in [4.78, 5) is 26.9. The number of nitro groups is 1. The molecule has 2 aromatic rings. The lowest BCUT2D eigenvalue weighted by atomic mass is 9.87. The van der Waals surface area contributed by atoms with Gasteiger partial charge < -0.3 is 19.9 Å². The van der Waals surface area contributed by atoms with E-state index in [0.29, 0.717) is 44.8 Å². The largest absolute Gasteiger partial charge is 0.418 e. The Bertz CT molecular complexity index is 1180. The summed E-state index contributed by atoms with van der Waals surface area (Å²) < 4.78 is 46.3. The maximum Gasteiger partial charge on any atom is 0.418 e. The molecule has 2 aromatic carbocycles. The molecular formula is C29H37F3N4O4. The fourth-order valence-electron chi connectivity index (χ4n) is 5.27. The van der Waals surface area contributed by atoms with Gasteiger partial charge in [-0.1, -0.05) is 32.9 Å². The molecule has 2 fully saturated rings. The van der Waals surface area contributed by atoms with Crippen LogP contribution in [0.25, 0.3) is 0 Å². The minimum Gasteiger partial charge on any atom is -0.382 e. The van der Waals surface area contributed by atoms with Gasteiger partial charge in [0.15, 0.2) is 0 Å². The number of halogens is 3. The second kappa shape index (κ2) is 12.0. The number of ether oxygens (including phenoxy) is 1. The van der Waals surface area contributed by atoms with Gasteiger partial charge in [-0.2, -0.15) is 13.2 Å². The highest BCUT2D eigenvalue weighted by atomic mass is 19.4. The number of rotatable bonds is 7. The highest BCUT2D eigenvalue weighted by molar-refractivity contribution is 5.77. The second-order valence-electron chi connectivity index (χ2n) is 11.6. The van der Waals surface area contributed by atoms with Crippen LogP contribution in [0.2, 0.25) is 0 Å². The van der Waals surface area contributed by atoms with Crippen molar-refractivity contribution in [2.24, 2.45) is 0 Å². The first-order valence-corrected chi connectivity index (χ1v) is 13.7. The number of benzene rings is 2. The van der Waals surface area contributed by atoms with Gasteiger partial charge in [0.2, 0.25) is 5.91 Å². The van der Waals surface area contributed by atoms with Gasteiger partial charge in [0.25, 0.3) is 5.69 Å². The van der Waals surface area contributed by atoms with Crippen molar-refractivity contribution in [3.8, 4) is 0 Å². The highest BCUT2D eigenvalue weighted by Crippen LogP contribution is 2.38. The molecule has 0 spiro atoms. The van der Waals surface area contributed by atoms with Crippen LogP contribution in [0.3, 0.4) is 0 Å². The van der Waals surface area contributed by atoms with Crippen molar-refractivity contribution in [1.82, 2.24) is 4.90 Å². The lowest BCUT2D eigenvalue weighted by molar-refractivity contribution is -0.385. The number of nitrogens with zero attached hydrogens (tertiary/aromatic N) is 3. The quantitative estimate of drug-likeness (QED) is 0.329. The van der Waals surface area contributed by atoms with E-state index in [-0.39, 0.29) is 35.8 Å². The smallest absolute Gasteiger partial charge is 0.382 e. The van der Waals surface area contributed by atoms with Crippen molar-refractivity contribution in [2.75, 3.05) is 43.0 Å². The Hall–Kier alpha value is -3.34. The number of nitrogens with one attached hydrogen (secondary N) is 1. The molecule has 1 aliphatic heterocycles. The molecule has 0 aromatic heterocycles. The van der Waals surface area contributed by atoms with Gasteiger partial charge in [-0.15, -0.1) is 0 Å². The predicted molar refractivity (Wildman–Crippen MR) is 148 cm³/mol. The van der Waals surface area contributed by atoms with Crippen LogP contribution in [0.1, 0.15) is 57.6 Å². The van der Waals surface area contributed by atoms with E-state index in [9.17, 15) is 28.1 Å². The van der Waals surface area contributed by atoms with Gasteiger partial charge in [-0.3, -0.25) is 14.9 Å². The van der Waals surface area contributed by atoms with Crippen molar-refractivity contribution in [2.45, 2.75) is 70.2 Å². The number of carbonyl (C=O) groups excluding carboxylic acids is 1. The third-order valence-electron chi connectivity index (χ3n) is 7.73. The number of carbonyl (C=O) groups is 1. The fourth-order valence-corrected chi connectivity index (χ4v) is 5.27. The van der Waals surface area contributed by atoms with E-state index in [4.69, 9.17) is 4.74 Å². The zero-order chi connectivity index (χ0) is 29.1. The number of nitro benzene ring substituents is 1. The Kier molecular flexibility index (Phi) is 8.92. The van der Waals surface area contributed by atoms with Crippen LogP contribution in [0.4, 0.5) is 30.2 Å². The van der Waals surface area contributed by atoms with Crippen LogP contribution in [0.5, 0.6) is 0 Å². The number of alkyl halides is 3. The summed E-state index contributed by atoms with van der Waals surface area (Å²) in [5.41, 5.74) is 0.719. The number of amides is 1. The summed E-state index contributed by atoms with van der Waals surface area (Å²) in [5.74, 6) is -0.0522. The van der Waals surface area contributed by atoms with Crippen LogP contribution in [-0.2, 0) is 21.1 Å². The molecule has 218 valence electrons. The van der Waals surface area contributed by atoms with E-state index in [1.807, 2.05) is 4.90 Å². The average Bonchev–Trinajstić information content (AvgIpc) is 2.91. The molecule has 1 saturated carbocycles. The van der Waals surface area contributed by atoms with E-state index >= 15 is 0 Å². The van der Waals surface area contributed by atoms with Gasteiger partial charge in [-0.25, -0.2) is 0 Å². The summed E-state index contributed by atoms with van der Waals surface area (Å²) >= 11 is 0. The Balaban J connectivity index is 1.20. The zero-order valence-corrected chi connectivity index (χ0v) is 23.2. The normalized spacial score (nSPS) is 20.4. The predicted octanol–water partition coefficient (Wildman–Crippen LogP) is 6.00. The van der Waals surface area contributed by atoms with E-state index in [1.54, 1.807) is 0 Å². The zero-order valence-electron chi connectivity index (χ0n) is 23.2. The highest BCUT2D eigenvalue weighted by Gasteiger charge is 2.36. The summed E-state index contributed by atoms with van der Waals surface area (Å²) in [6, 6.07) is 11.1. The van der Waals surface area contributed by atoms with Gasteiger partial charge in [-0.05, 0) is 54.9 Å². The van der Waals surface area contributed by atoms with Crippen LogP contribution < -0.4 is 10.2 Å². The molecule has 4 rings (SSSR count). The maximum atomic E-state index is 13.5. The van der Waals surface area contributed by atoms with Crippen molar-refractivity contribution in [3.63, 3.8) is 0 Å². The average molecular weight is 563 g/mol. The topological polar surface area (TPSA) is 88.0 Å². The lowest BCUT2D eigenvalue weighted by Crippen LogP contribution is -2.50. The molecule has 1 amide bonds. The first-order chi connectivity index (χ1) is 18.8. The van der Waals surface area contributed by atoms with E-state index in [1.165, 1.54) is 5.56 Å². The lowest BCUT2D eigenvalue weighted by Gasteiger charge is -2.37.